The molecule has 4 heteroatoms. The largest absolute Gasteiger partial charge is 0.507 e. The van der Waals surface area contributed by atoms with E-state index < -0.39 is 0 Å². The van der Waals surface area contributed by atoms with E-state index >= 15 is 0 Å². The van der Waals surface area contributed by atoms with E-state index in [4.69, 9.17) is 0 Å². The molecule has 3 rings (SSSR count). The van der Waals surface area contributed by atoms with Crippen LogP contribution in [-0.4, -0.2) is 20.1 Å². The second-order valence-corrected chi connectivity index (χ2v) is 15.5. The summed E-state index contributed by atoms with van der Waals surface area (Å²) in [5, 5.41) is 22.6. The van der Waals surface area contributed by atoms with Crippen molar-refractivity contribution in [2.75, 3.05) is 0 Å². The number of pyridine rings is 1. The number of aromatic nitrogens is 1. The Labute approximate surface area is 243 Å². The third-order valence-corrected chi connectivity index (χ3v) is 7.50. The van der Waals surface area contributed by atoms with Crippen LogP contribution in [0, 0.1) is 0 Å². The number of benzene rings is 2. The van der Waals surface area contributed by atoms with Gasteiger partial charge in [-0.3, -0.25) is 9.88 Å². The molecule has 0 bridgehead atoms. The van der Waals surface area contributed by atoms with Gasteiger partial charge in [0.1, 0.15) is 11.5 Å². The first kappa shape index (κ1) is 31.7. The molecular weight excluding hydrogens is 492 g/mol. The highest BCUT2D eigenvalue weighted by molar-refractivity contribution is 5.51. The third-order valence-electron chi connectivity index (χ3n) is 7.50. The molecule has 0 aliphatic carbocycles. The van der Waals surface area contributed by atoms with Crippen molar-refractivity contribution >= 4 is 0 Å². The van der Waals surface area contributed by atoms with E-state index in [0.29, 0.717) is 31.1 Å². The van der Waals surface area contributed by atoms with Gasteiger partial charge >= 0.3 is 0 Å². The normalized spacial score (nSPS) is 13.2. The molecule has 0 atom stereocenters. The van der Waals surface area contributed by atoms with Crippen molar-refractivity contribution in [2.45, 2.75) is 124 Å². The number of aromatic hydroxyl groups is 2. The maximum absolute atomic E-state index is 11.3. The molecule has 0 aliphatic heterocycles. The third kappa shape index (κ3) is 7.66. The van der Waals surface area contributed by atoms with E-state index in [-0.39, 0.29) is 21.7 Å². The zero-order valence-electron chi connectivity index (χ0n) is 27.0. The predicted molar refractivity (Wildman–Crippen MR) is 168 cm³/mol. The summed E-state index contributed by atoms with van der Waals surface area (Å²) < 4.78 is 0. The van der Waals surface area contributed by atoms with Crippen LogP contribution in [0.5, 0.6) is 11.5 Å². The highest BCUT2D eigenvalue weighted by Gasteiger charge is 2.29. The van der Waals surface area contributed by atoms with E-state index in [9.17, 15) is 10.2 Å². The molecule has 0 fully saturated rings. The quantitative estimate of drug-likeness (QED) is 0.325. The minimum atomic E-state index is -0.188. The Morgan fingerprint density at radius 2 is 0.900 bits per heavy atom. The van der Waals surface area contributed by atoms with E-state index in [1.54, 1.807) is 0 Å². The van der Waals surface area contributed by atoms with Gasteiger partial charge in [0.25, 0.3) is 0 Å². The van der Waals surface area contributed by atoms with Gasteiger partial charge in [-0.1, -0.05) is 113 Å². The maximum atomic E-state index is 11.3. The van der Waals surface area contributed by atoms with Gasteiger partial charge in [0, 0.05) is 25.8 Å². The molecule has 0 aliphatic rings. The molecule has 0 saturated carbocycles. The van der Waals surface area contributed by atoms with Crippen LogP contribution in [0.4, 0.5) is 0 Å². The van der Waals surface area contributed by atoms with Crippen molar-refractivity contribution in [3.8, 4) is 11.5 Å². The topological polar surface area (TPSA) is 56.6 Å². The van der Waals surface area contributed by atoms with Crippen LogP contribution in [0.15, 0.2) is 48.7 Å². The van der Waals surface area contributed by atoms with Gasteiger partial charge in [-0.2, -0.15) is 0 Å². The molecule has 0 amide bonds. The van der Waals surface area contributed by atoms with Crippen LogP contribution in [0.3, 0.4) is 0 Å². The van der Waals surface area contributed by atoms with Crippen LogP contribution in [0.25, 0.3) is 0 Å². The van der Waals surface area contributed by atoms with E-state index in [2.05, 4.69) is 123 Å². The molecule has 3 aromatic rings. The molecule has 0 saturated heterocycles. The Kier molecular flexibility index (Phi) is 8.87. The molecule has 2 N–H and O–H groups in total. The number of hydrogen-bond donors (Lipinski definition) is 2. The molecule has 0 radical (unpaired) electrons. The highest BCUT2D eigenvalue weighted by atomic mass is 16.3. The number of rotatable bonds is 6. The summed E-state index contributed by atoms with van der Waals surface area (Å²) in [6.45, 7) is 28.0. The predicted octanol–water partition coefficient (Wildman–Crippen LogP) is 8.89. The van der Waals surface area contributed by atoms with Crippen molar-refractivity contribution in [2.24, 2.45) is 0 Å². The molecule has 218 valence electrons. The van der Waals surface area contributed by atoms with Crippen molar-refractivity contribution in [3.05, 3.63) is 87.7 Å². The standard InChI is InChI=1S/C36H52N2O2/c1-33(2,3)27-17-24(18-28(31(27)39)34(4,5)6)21-38(23-26-15-13-14-16-37-26)22-25-19-29(35(7,8)9)32(40)30(20-25)36(10,11)12/h13-20,39-40H,21-23H2,1-12H3. The maximum Gasteiger partial charge on any atom is 0.123 e. The van der Waals surface area contributed by atoms with Crippen molar-refractivity contribution in [1.82, 2.24) is 9.88 Å². The van der Waals surface area contributed by atoms with Gasteiger partial charge in [-0.25, -0.2) is 0 Å². The van der Waals surface area contributed by atoms with E-state index in [1.165, 1.54) is 11.1 Å². The molecule has 2 aromatic carbocycles. The van der Waals surface area contributed by atoms with Crippen molar-refractivity contribution in [3.63, 3.8) is 0 Å². The minimum absolute atomic E-state index is 0.188. The van der Waals surface area contributed by atoms with Gasteiger partial charge in [0.05, 0.1) is 5.69 Å². The lowest BCUT2D eigenvalue weighted by atomic mass is 9.78. The van der Waals surface area contributed by atoms with Crippen LogP contribution in [0.1, 0.15) is 122 Å². The second kappa shape index (κ2) is 11.2. The fourth-order valence-electron chi connectivity index (χ4n) is 5.26. The van der Waals surface area contributed by atoms with E-state index in [0.717, 1.165) is 27.9 Å². The van der Waals surface area contributed by atoms with Gasteiger partial charge < -0.3 is 10.2 Å². The second-order valence-electron chi connectivity index (χ2n) is 15.5. The average molecular weight is 545 g/mol. The summed E-state index contributed by atoms with van der Waals surface area (Å²) >= 11 is 0. The number of phenolic OH excluding ortho intramolecular Hbond substituents is 2. The Morgan fingerprint density at radius 1 is 0.550 bits per heavy atom. The van der Waals surface area contributed by atoms with Gasteiger partial charge in [0.2, 0.25) is 0 Å². The van der Waals surface area contributed by atoms with Gasteiger partial charge in [0.15, 0.2) is 0 Å². The number of hydrogen-bond acceptors (Lipinski definition) is 4. The Hall–Kier alpha value is -2.85. The molecule has 1 heterocycles. The smallest absolute Gasteiger partial charge is 0.123 e. The number of nitrogens with zero attached hydrogens (tertiary/aromatic N) is 2. The van der Waals surface area contributed by atoms with E-state index in [1.807, 2.05) is 18.3 Å². The van der Waals surface area contributed by atoms with Crippen molar-refractivity contribution < 1.29 is 10.2 Å². The zero-order valence-corrected chi connectivity index (χ0v) is 27.0. The molecule has 40 heavy (non-hydrogen) atoms. The summed E-state index contributed by atoms with van der Waals surface area (Å²) in [6, 6.07) is 14.8. The summed E-state index contributed by atoms with van der Waals surface area (Å²) in [5.41, 5.74) is 6.51. The molecule has 0 unspecified atom stereocenters. The molecule has 0 spiro atoms. The van der Waals surface area contributed by atoms with Crippen LogP contribution < -0.4 is 0 Å². The summed E-state index contributed by atoms with van der Waals surface area (Å²) in [6.07, 6.45) is 1.85. The first-order chi connectivity index (χ1) is 18.2. The SMILES string of the molecule is CC(C)(C)c1cc(CN(Cc2cc(C(C)(C)C)c(O)c(C(C)(C)C)c2)Cc2ccccn2)cc(C(C)(C)C)c1O. The molecule has 4 nitrogen and oxygen atoms in total. The number of phenols is 2. The summed E-state index contributed by atoms with van der Waals surface area (Å²) in [7, 11) is 0. The molecule has 1 aromatic heterocycles. The lowest BCUT2D eigenvalue weighted by molar-refractivity contribution is 0.243. The van der Waals surface area contributed by atoms with Gasteiger partial charge in [-0.15, -0.1) is 0 Å². The summed E-state index contributed by atoms with van der Waals surface area (Å²) in [4.78, 5) is 7.05. The average Bonchev–Trinajstić information content (AvgIpc) is 2.78. The Bertz CT molecular complexity index is 1160. The lowest BCUT2D eigenvalue weighted by Crippen LogP contribution is -2.25. The summed E-state index contributed by atoms with van der Waals surface area (Å²) in [5.74, 6) is 0.811. The van der Waals surface area contributed by atoms with Crippen LogP contribution in [-0.2, 0) is 41.3 Å². The fourth-order valence-corrected chi connectivity index (χ4v) is 5.26. The minimum Gasteiger partial charge on any atom is -0.507 e. The fraction of sp³-hybridized carbons (Fsp3) is 0.528. The van der Waals surface area contributed by atoms with Crippen molar-refractivity contribution in [1.29, 1.82) is 0 Å². The molecular formula is C36H52N2O2. The highest BCUT2D eigenvalue weighted by Crippen LogP contribution is 2.42. The van der Waals surface area contributed by atoms with Crippen LogP contribution >= 0.6 is 0 Å². The first-order valence-electron chi connectivity index (χ1n) is 14.5. The Balaban J connectivity index is 2.14. The van der Waals surface area contributed by atoms with Gasteiger partial charge in [-0.05, 0) is 67.2 Å². The Morgan fingerprint density at radius 3 is 1.18 bits per heavy atom. The zero-order chi connectivity index (χ0) is 30.3. The lowest BCUT2D eigenvalue weighted by Gasteiger charge is -2.31. The monoisotopic (exact) mass is 544 g/mol. The van der Waals surface area contributed by atoms with Crippen LogP contribution in [0.2, 0.25) is 0 Å². The first-order valence-corrected chi connectivity index (χ1v) is 14.5.